The molecule has 0 aromatic heterocycles. The van der Waals surface area contributed by atoms with Crippen LogP contribution in [-0.4, -0.2) is 24.0 Å². The highest BCUT2D eigenvalue weighted by Crippen LogP contribution is 2.10. The van der Waals surface area contributed by atoms with Crippen molar-refractivity contribution in [1.82, 2.24) is 0 Å². The Hall–Kier alpha value is -3.11. The van der Waals surface area contributed by atoms with Gasteiger partial charge >= 0.3 is 5.97 Å². The maximum absolute atomic E-state index is 11.1. The Morgan fingerprint density at radius 3 is 1.87 bits per heavy atom. The fourth-order valence-corrected chi connectivity index (χ4v) is 1.93. The number of carbonyl (C=O) groups is 1. The van der Waals surface area contributed by atoms with Gasteiger partial charge in [-0.1, -0.05) is 88.2 Å². The molecule has 1 N–H and O–H groups in total. The molecular weight excluding hydrogens is 376 g/mol. The van der Waals surface area contributed by atoms with Crippen molar-refractivity contribution in [1.29, 1.82) is 0 Å². The largest absolute Gasteiger partial charge is 0.508 e. The van der Waals surface area contributed by atoms with Crippen molar-refractivity contribution in [3.63, 3.8) is 0 Å². The third kappa shape index (κ3) is 12.4. The highest BCUT2D eigenvalue weighted by molar-refractivity contribution is 5.87. The fraction of sp³-hybridized carbons (Fsp3) is 0.269. The highest BCUT2D eigenvalue weighted by Gasteiger charge is 2.18. The van der Waals surface area contributed by atoms with E-state index >= 15 is 0 Å². The molecule has 2 aromatic carbocycles. The number of phenols is 1. The Labute approximate surface area is 181 Å². The van der Waals surface area contributed by atoms with Crippen LogP contribution in [0.2, 0.25) is 0 Å². The van der Waals surface area contributed by atoms with Crippen molar-refractivity contribution >= 4 is 18.1 Å². The zero-order valence-electron chi connectivity index (χ0n) is 18.5. The minimum atomic E-state index is -0.464. The Bertz CT molecular complexity index is 761. The average molecular weight is 411 g/mol. The molecule has 0 heterocycles. The van der Waals surface area contributed by atoms with Crippen molar-refractivity contribution in [2.24, 2.45) is 5.92 Å². The number of carbonyl (C=O) groups excluding carboxylic acids is 1. The molecule has 0 fully saturated rings. The van der Waals surface area contributed by atoms with Gasteiger partial charge in [-0.2, -0.15) is 0 Å². The third-order valence-corrected chi connectivity index (χ3v) is 3.61. The molecule has 4 heteroatoms. The Balaban J connectivity index is 0.000000434. The lowest BCUT2D eigenvalue weighted by Crippen LogP contribution is -2.26. The molecule has 0 aliphatic heterocycles. The standard InChI is InChI=1S/C10H18O3.C8H8O.C8H8/c1-6-12-10(8(4)5)13-9(11)7(2)3;1-2-7-3-5-8(9)6-4-7;1-2-8-6-4-3-5-7-8/h8,10H,2,6H2,1,3-5H3;2-6,9H,1H2;2-7H,1H2. The molecule has 0 saturated heterocycles. The summed E-state index contributed by atoms with van der Waals surface area (Å²) in [4.78, 5) is 11.1. The Morgan fingerprint density at radius 1 is 1.00 bits per heavy atom. The van der Waals surface area contributed by atoms with Gasteiger partial charge in [0.15, 0.2) is 0 Å². The summed E-state index contributed by atoms with van der Waals surface area (Å²) in [6, 6.07) is 16.9. The third-order valence-electron chi connectivity index (χ3n) is 3.61. The van der Waals surface area contributed by atoms with Crippen LogP contribution in [0.25, 0.3) is 12.2 Å². The van der Waals surface area contributed by atoms with Gasteiger partial charge in [-0.05, 0) is 37.1 Å². The van der Waals surface area contributed by atoms with E-state index in [1.54, 1.807) is 25.1 Å². The van der Waals surface area contributed by atoms with Crippen LogP contribution >= 0.6 is 0 Å². The predicted molar refractivity (Wildman–Crippen MR) is 126 cm³/mol. The SMILES string of the molecule is C=C(C)C(=O)OC(OCC)C(C)C.C=Cc1ccc(O)cc1.C=Cc1ccccc1. The molecule has 162 valence electrons. The molecule has 30 heavy (non-hydrogen) atoms. The number of esters is 1. The van der Waals surface area contributed by atoms with Gasteiger partial charge in [0.05, 0.1) is 0 Å². The highest BCUT2D eigenvalue weighted by atomic mass is 16.7. The molecule has 0 radical (unpaired) electrons. The number of ether oxygens (including phenoxy) is 2. The van der Waals surface area contributed by atoms with Crippen LogP contribution in [0.3, 0.4) is 0 Å². The number of hydrogen-bond acceptors (Lipinski definition) is 4. The first-order valence-corrected chi connectivity index (χ1v) is 9.82. The van der Waals surface area contributed by atoms with E-state index in [-0.39, 0.29) is 5.92 Å². The quantitative estimate of drug-likeness (QED) is 0.322. The zero-order valence-corrected chi connectivity index (χ0v) is 18.5. The molecule has 0 saturated carbocycles. The van der Waals surface area contributed by atoms with Crippen LogP contribution < -0.4 is 0 Å². The molecule has 0 aliphatic carbocycles. The number of hydrogen-bond donors (Lipinski definition) is 1. The molecule has 2 rings (SSSR count). The van der Waals surface area contributed by atoms with E-state index in [1.807, 2.05) is 69.3 Å². The minimum Gasteiger partial charge on any atom is -0.508 e. The number of aromatic hydroxyl groups is 1. The van der Waals surface area contributed by atoms with E-state index in [1.165, 1.54) is 5.56 Å². The van der Waals surface area contributed by atoms with Gasteiger partial charge < -0.3 is 14.6 Å². The normalized spacial score (nSPS) is 10.4. The summed E-state index contributed by atoms with van der Waals surface area (Å²) in [6.07, 6.45) is 3.11. The van der Waals surface area contributed by atoms with Crippen molar-refractivity contribution in [2.45, 2.75) is 34.0 Å². The fourth-order valence-electron chi connectivity index (χ4n) is 1.93. The maximum atomic E-state index is 11.1. The Morgan fingerprint density at radius 2 is 1.50 bits per heavy atom. The molecule has 1 unspecified atom stereocenters. The van der Waals surface area contributed by atoms with E-state index in [2.05, 4.69) is 19.7 Å². The minimum absolute atomic E-state index is 0.156. The molecular formula is C26H34O4. The van der Waals surface area contributed by atoms with Gasteiger partial charge in [0.2, 0.25) is 6.29 Å². The predicted octanol–water partition coefficient (Wildman–Crippen LogP) is 6.49. The molecule has 0 amide bonds. The van der Waals surface area contributed by atoms with Crippen LogP contribution in [0.15, 0.2) is 79.9 Å². The smallest absolute Gasteiger partial charge is 0.335 e. The average Bonchev–Trinajstić information content (AvgIpc) is 2.75. The Kier molecular flexibility index (Phi) is 14.1. The number of phenolic OH excluding ortho intramolecular Hbond substituents is 1. The summed E-state index contributed by atoms with van der Waals surface area (Å²) in [6.45, 7) is 18.6. The lowest BCUT2D eigenvalue weighted by atomic mass is 10.2. The molecule has 4 nitrogen and oxygen atoms in total. The first kappa shape index (κ1) is 26.9. The molecule has 0 bridgehead atoms. The van der Waals surface area contributed by atoms with Gasteiger partial charge in [0.1, 0.15) is 5.75 Å². The molecule has 2 aromatic rings. The first-order valence-electron chi connectivity index (χ1n) is 9.82. The van der Waals surface area contributed by atoms with Crippen LogP contribution in [-0.2, 0) is 14.3 Å². The zero-order chi connectivity index (χ0) is 22.9. The second-order valence-electron chi connectivity index (χ2n) is 6.66. The van der Waals surface area contributed by atoms with Crippen LogP contribution in [0.4, 0.5) is 0 Å². The summed E-state index contributed by atoms with van der Waals surface area (Å²) < 4.78 is 10.3. The summed E-state index contributed by atoms with van der Waals surface area (Å²) in [5.74, 6) is 0.0519. The topological polar surface area (TPSA) is 55.8 Å². The lowest BCUT2D eigenvalue weighted by Gasteiger charge is -2.20. The van der Waals surface area contributed by atoms with Gasteiger partial charge in [-0.25, -0.2) is 4.79 Å². The maximum Gasteiger partial charge on any atom is 0.335 e. The molecule has 0 spiro atoms. The monoisotopic (exact) mass is 410 g/mol. The van der Waals surface area contributed by atoms with E-state index in [0.29, 0.717) is 17.9 Å². The van der Waals surface area contributed by atoms with Gasteiger partial charge in [-0.3, -0.25) is 0 Å². The van der Waals surface area contributed by atoms with Crippen LogP contribution in [0, 0.1) is 5.92 Å². The van der Waals surface area contributed by atoms with E-state index in [4.69, 9.17) is 14.6 Å². The van der Waals surface area contributed by atoms with Gasteiger partial charge in [0.25, 0.3) is 0 Å². The van der Waals surface area contributed by atoms with Gasteiger partial charge in [-0.15, -0.1) is 0 Å². The van der Waals surface area contributed by atoms with Crippen molar-refractivity contribution in [2.75, 3.05) is 6.61 Å². The lowest BCUT2D eigenvalue weighted by molar-refractivity contribution is -0.183. The summed E-state index contributed by atoms with van der Waals surface area (Å²) in [5.41, 5.74) is 2.59. The summed E-state index contributed by atoms with van der Waals surface area (Å²) in [5, 5.41) is 8.82. The van der Waals surface area contributed by atoms with E-state index in [0.717, 1.165) is 5.56 Å². The van der Waals surface area contributed by atoms with Crippen LogP contribution in [0.1, 0.15) is 38.8 Å². The molecule has 0 aliphatic rings. The van der Waals surface area contributed by atoms with Crippen molar-refractivity contribution < 1.29 is 19.4 Å². The van der Waals surface area contributed by atoms with Crippen LogP contribution in [0.5, 0.6) is 5.75 Å². The van der Waals surface area contributed by atoms with E-state index in [9.17, 15) is 4.79 Å². The van der Waals surface area contributed by atoms with Gasteiger partial charge in [0, 0.05) is 18.1 Å². The second-order valence-corrected chi connectivity index (χ2v) is 6.66. The van der Waals surface area contributed by atoms with Crippen molar-refractivity contribution in [3.05, 3.63) is 91.0 Å². The van der Waals surface area contributed by atoms with Crippen molar-refractivity contribution in [3.8, 4) is 5.75 Å². The first-order chi connectivity index (χ1) is 14.2. The summed E-state index contributed by atoms with van der Waals surface area (Å²) >= 11 is 0. The summed E-state index contributed by atoms with van der Waals surface area (Å²) in [7, 11) is 0. The molecule has 1 atom stereocenters. The number of rotatable bonds is 7. The van der Waals surface area contributed by atoms with E-state index < -0.39 is 12.3 Å². The number of benzene rings is 2. The second kappa shape index (κ2) is 15.8.